The lowest BCUT2D eigenvalue weighted by Gasteiger charge is -2.28. The SMILES string of the molecule is CNC(CCCS(C)(=O)=O)C1C(C)OC(C)C1C. The first-order chi connectivity index (χ1) is 8.26. The normalized spacial score (nSPS) is 34.7. The Balaban J connectivity index is 2.55. The number of hydrogen-bond donors (Lipinski definition) is 1. The molecule has 1 fully saturated rings. The van der Waals surface area contributed by atoms with E-state index in [2.05, 4.69) is 26.1 Å². The molecule has 1 N–H and O–H groups in total. The van der Waals surface area contributed by atoms with Crippen molar-refractivity contribution < 1.29 is 13.2 Å². The molecule has 0 aromatic heterocycles. The second-order valence-corrected chi connectivity index (χ2v) is 7.91. The molecule has 1 saturated heterocycles. The predicted molar refractivity (Wildman–Crippen MR) is 74.5 cm³/mol. The van der Waals surface area contributed by atoms with Gasteiger partial charge in [0.25, 0.3) is 0 Å². The van der Waals surface area contributed by atoms with Crippen LogP contribution in [0.4, 0.5) is 0 Å². The maximum atomic E-state index is 11.2. The molecule has 0 radical (unpaired) electrons. The van der Waals surface area contributed by atoms with Gasteiger partial charge in [-0.15, -0.1) is 0 Å². The highest BCUT2D eigenvalue weighted by Gasteiger charge is 2.40. The van der Waals surface area contributed by atoms with E-state index in [9.17, 15) is 8.42 Å². The fourth-order valence-electron chi connectivity index (χ4n) is 3.08. The summed E-state index contributed by atoms with van der Waals surface area (Å²) in [5, 5.41) is 3.34. The third-order valence-corrected chi connectivity index (χ3v) is 5.21. The third kappa shape index (κ3) is 4.21. The van der Waals surface area contributed by atoms with Crippen LogP contribution in [0.1, 0.15) is 33.6 Å². The molecule has 0 aromatic carbocycles. The van der Waals surface area contributed by atoms with Gasteiger partial charge in [-0.3, -0.25) is 0 Å². The first kappa shape index (κ1) is 15.9. The van der Waals surface area contributed by atoms with Crippen LogP contribution in [0.15, 0.2) is 0 Å². The van der Waals surface area contributed by atoms with E-state index in [-0.39, 0.29) is 18.0 Å². The molecule has 108 valence electrons. The van der Waals surface area contributed by atoms with E-state index in [1.807, 2.05) is 7.05 Å². The van der Waals surface area contributed by atoms with E-state index < -0.39 is 9.84 Å². The molecule has 18 heavy (non-hydrogen) atoms. The molecule has 1 rings (SSSR count). The van der Waals surface area contributed by atoms with Gasteiger partial charge in [-0.05, 0) is 39.7 Å². The maximum absolute atomic E-state index is 11.2. The van der Waals surface area contributed by atoms with Crippen molar-refractivity contribution in [2.45, 2.75) is 51.9 Å². The summed E-state index contributed by atoms with van der Waals surface area (Å²) >= 11 is 0. The molecule has 0 aromatic rings. The van der Waals surface area contributed by atoms with Crippen molar-refractivity contribution in [1.29, 1.82) is 0 Å². The lowest BCUT2D eigenvalue weighted by Crippen LogP contribution is -2.40. The molecular formula is C13H27NO3S. The average molecular weight is 277 g/mol. The molecule has 5 heteroatoms. The minimum atomic E-state index is -2.85. The Kier molecular flexibility index (Phi) is 5.62. The van der Waals surface area contributed by atoms with Crippen molar-refractivity contribution in [3.8, 4) is 0 Å². The van der Waals surface area contributed by atoms with Crippen LogP contribution in [0.3, 0.4) is 0 Å². The second kappa shape index (κ2) is 6.35. The molecule has 4 nitrogen and oxygen atoms in total. The highest BCUT2D eigenvalue weighted by atomic mass is 32.2. The molecular weight excluding hydrogens is 250 g/mol. The molecule has 0 spiro atoms. The molecule has 5 atom stereocenters. The van der Waals surface area contributed by atoms with Crippen LogP contribution < -0.4 is 5.32 Å². The van der Waals surface area contributed by atoms with E-state index in [0.29, 0.717) is 24.3 Å². The van der Waals surface area contributed by atoms with Gasteiger partial charge in [-0.1, -0.05) is 6.92 Å². The van der Waals surface area contributed by atoms with Gasteiger partial charge in [0.1, 0.15) is 9.84 Å². The summed E-state index contributed by atoms with van der Waals surface area (Å²) in [5.41, 5.74) is 0. The lowest BCUT2D eigenvalue weighted by molar-refractivity contribution is 0.0475. The Morgan fingerprint density at radius 1 is 1.22 bits per heavy atom. The minimum Gasteiger partial charge on any atom is -0.375 e. The summed E-state index contributed by atoms with van der Waals surface area (Å²) in [4.78, 5) is 0. The summed E-state index contributed by atoms with van der Waals surface area (Å²) in [7, 11) is -0.896. The smallest absolute Gasteiger partial charge is 0.147 e. The average Bonchev–Trinajstić information content (AvgIpc) is 2.48. The van der Waals surface area contributed by atoms with Crippen molar-refractivity contribution in [2.75, 3.05) is 19.1 Å². The van der Waals surface area contributed by atoms with Crippen LogP contribution in [-0.2, 0) is 14.6 Å². The number of ether oxygens (including phenoxy) is 1. The van der Waals surface area contributed by atoms with E-state index in [4.69, 9.17) is 4.74 Å². The number of hydrogen-bond acceptors (Lipinski definition) is 4. The molecule has 5 unspecified atom stereocenters. The van der Waals surface area contributed by atoms with Gasteiger partial charge < -0.3 is 10.1 Å². The number of sulfone groups is 1. The van der Waals surface area contributed by atoms with E-state index >= 15 is 0 Å². The van der Waals surface area contributed by atoms with Gasteiger partial charge in [0, 0.05) is 24.0 Å². The first-order valence-corrected chi connectivity index (χ1v) is 8.82. The maximum Gasteiger partial charge on any atom is 0.147 e. The van der Waals surface area contributed by atoms with Crippen molar-refractivity contribution >= 4 is 9.84 Å². The zero-order chi connectivity index (χ0) is 13.9. The van der Waals surface area contributed by atoms with Crippen LogP contribution in [0.2, 0.25) is 0 Å². The van der Waals surface area contributed by atoms with Crippen LogP contribution in [-0.4, -0.2) is 45.7 Å². The van der Waals surface area contributed by atoms with Crippen LogP contribution in [0.5, 0.6) is 0 Å². The van der Waals surface area contributed by atoms with Crippen LogP contribution in [0.25, 0.3) is 0 Å². The lowest BCUT2D eigenvalue weighted by atomic mass is 9.82. The predicted octanol–water partition coefficient (Wildman–Crippen LogP) is 1.46. The molecule has 0 aliphatic carbocycles. The largest absolute Gasteiger partial charge is 0.375 e. The topological polar surface area (TPSA) is 55.4 Å². The second-order valence-electron chi connectivity index (χ2n) is 5.65. The monoisotopic (exact) mass is 277 g/mol. The van der Waals surface area contributed by atoms with Crippen molar-refractivity contribution in [3.63, 3.8) is 0 Å². The Labute approximate surface area is 111 Å². The van der Waals surface area contributed by atoms with E-state index in [1.165, 1.54) is 6.26 Å². The Hall–Kier alpha value is -0.130. The zero-order valence-corrected chi connectivity index (χ0v) is 13.0. The summed E-state index contributed by atoms with van der Waals surface area (Å²) in [6.07, 6.45) is 3.43. The molecule has 1 aliphatic heterocycles. The van der Waals surface area contributed by atoms with Gasteiger partial charge >= 0.3 is 0 Å². The Morgan fingerprint density at radius 3 is 2.22 bits per heavy atom. The first-order valence-electron chi connectivity index (χ1n) is 6.76. The summed E-state index contributed by atoms with van der Waals surface area (Å²) in [6, 6.07) is 0.335. The minimum absolute atomic E-state index is 0.241. The fraction of sp³-hybridized carbons (Fsp3) is 1.00. The summed E-state index contributed by atoms with van der Waals surface area (Å²) in [5.74, 6) is 1.25. The molecule has 1 heterocycles. The third-order valence-electron chi connectivity index (χ3n) is 4.18. The summed E-state index contributed by atoms with van der Waals surface area (Å²) < 4.78 is 28.2. The van der Waals surface area contributed by atoms with Crippen molar-refractivity contribution in [1.82, 2.24) is 5.32 Å². The quantitative estimate of drug-likeness (QED) is 0.798. The van der Waals surface area contributed by atoms with Crippen molar-refractivity contribution in [3.05, 3.63) is 0 Å². The Morgan fingerprint density at radius 2 is 1.83 bits per heavy atom. The zero-order valence-electron chi connectivity index (χ0n) is 12.1. The molecule has 0 saturated carbocycles. The number of nitrogens with one attached hydrogen (secondary N) is 1. The van der Waals surface area contributed by atoms with Gasteiger partial charge in [0.15, 0.2) is 0 Å². The summed E-state index contributed by atoms with van der Waals surface area (Å²) in [6.45, 7) is 6.45. The van der Waals surface area contributed by atoms with Crippen LogP contribution in [0, 0.1) is 11.8 Å². The Bertz CT molecular complexity index is 355. The standard InChI is InChI=1S/C13H27NO3S/c1-9-10(2)17-11(3)13(9)12(14-4)7-6-8-18(5,15)16/h9-14H,6-8H2,1-5H3. The van der Waals surface area contributed by atoms with Gasteiger partial charge in [0.2, 0.25) is 0 Å². The van der Waals surface area contributed by atoms with E-state index in [0.717, 1.165) is 6.42 Å². The highest BCUT2D eigenvalue weighted by molar-refractivity contribution is 7.90. The van der Waals surface area contributed by atoms with Gasteiger partial charge in [0.05, 0.1) is 12.2 Å². The van der Waals surface area contributed by atoms with Crippen LogP contribution >= 0.6 is 0 Å². The van der Waals surface area contributed by atoms with E-state index in [1.54, 1.807) is 0 Å². The molecule has 0 bridgehead atoms. The van der Waals surface area contributed by atoms with Gasteiger partial charge in [-0.25, -0.2) is 8.42 Å². The fourth-order valence-corrected chi connectivity index (χ4v) is 3.77. The molecule has 0 amide bonds. The number of rotatable bonds is 6. The highest BCUT2D eigenvalue weighted by Crippen LogP contribution is 2.35. The molecule has 1 aliphatic rings. The van der Waals surface area contributed by atoms with Gasteiger partial charge in [-0.2, -0.15) is 0 Å². The van der Waals surface area contributed by atoms with Crippen molar-refractivity contribution in [2.24, 2.45) is 11.8 Å².